The van der Waals surface area contributed by atoms with E-state index in [2.05, 4.69) is 5.32 Å². The molecule has 0 aliphatic rings. The van der Waals surface area contributed by atoms with Gasteiger partial charge in [0.25, 0.3) is 0 Å². The molecule has 0 aliphatic carbocycles. The first-order valence-electron chi connectivity index (χ1n) is 3.13. The molecule has 0 spiro atoms. The number of hydrogen-bond acceptors (Lipinski definition) is 2. The van der Waals surface area contributed by atoms with Gasteiger partial charge in [-0.3, -0.25) is 9.18 Å². The van der Waals surface area contributed by atoms with Crippen LogP contribution in [0, 0.1) is 0 Å². The molecule has 1 atom stereocenters. The van der Waals surface area contributed by atoms with Crippen molar-refractivity contribution in [2.24, 2.45) is 0 Å². The topological polar surface area (TPSA) is 66.4 Å². The van der Waals surface area contributed by atoms with Crippen molar-refractivity contribution in [2.75, 3.05) is 6.67 Å². The van der Waals surface area contributed by atoms with Crippen LogP contribution >= 0.6 is 0 Å². The third kappa shape index (κ3) is 4.30. The van der Waals surface area contributed by atoms with Crippen LogP contribution in [0.5, 0.6) is 0 Å². The smallest absolute Gasteiger partial charge is 0.326 e. The Labute approximate surface area is 63.4 Å². The molecule has 1 amide bonds. The van der Waals surface area contributed by atoms with E-state index in [1.807, 2.05) is 0 Å². The number of alkyl halides is 1. The Bertz CT molecular complexity index is 160. The van der Waals surface area contributed by atoms with E-state index < -0.39 is 24.6 Å². The quantitative estimate of drug-likeness (QED) is 0.609. The van der Waals surface area contributed by atoms with E-state index in [0.717, 1.165) is 0 Å². The maximum absolute atomic E-state index is 11.6. The van der Waals surface area contributed by atoms with E-state index in [1.54, 1.807) is 0 Å². The highest BCUT2D eigenvalue weighted by Crippen LogP contribution is 1.92. The number of carboxylic acid groups (broad SMARTS) is 1. The lowest BCUT2D eigenvalue weighted by Crippen LogP contribution is -2.39. The SMILES string of the molecule is CC(=O)NC(CCF)C(=O)O. The fourth-order valence-electron chi connectivity index (χ4n) is 0.612. The van der Waals surface area contributed by atoms with Crippen LogP contribution in [0.3, 0.4) is 0 Å². The lowest BCUT2D eigenvalue weighted by molar-refractivity contribution is -0.141. The fraction of sp³-hybridized carbons (Fsp3) is 0.667. The molecule has 0 bridgehead atoms. The monoisotopic (exact) mass is 163 g/mol. The molecule has 4 nitrogen and oxygen atoms in total. The first-order valence-corrected chi connectivity index (χ1v) is 3.13. The predicted molar refractivity (Wildman–Crippen MR) is 35.8 cm³/mol. The van der Waals surface area contributed by atoms with Gasteiger partial charge in [-0.2, -0.15) is 0 Å². The van der Waals surface area contributed by atoms with Gasteiger partial charge in [-0.1, -0.05) is 0 Å². The number of nitrogens with one attached hydrogen (secondary N) is 1. The van der Waals surface area contributed by atoms with Crippen LogP contribution in [-0.4, -0.2) is 29.7 Å². The Balaban J connectivity index is 3.89. The molecule has 5 heteroatoms. The van der Waals surface area contributed by atoms with Crippen LogP contribution in [0.25, 0.3) is 0 Å². The Morgan fingerprint density at radius 3 is 2.45 bits per heavy atom. The second-order valence-electron chi connectivity index (χ2n) is 2.07. The Morgan fingerprint density at radius 1 is 1.64 bits per heavy atom. The van der Waals surface area contributed by atoms with Crippen molar-refractivity contribution in [1.29, 1.82) is 0 Å². The minimum atomic E-state index is -1.21. The average Bonchev–Trinajstić information content (AvgIpc) is 1.86. The van der Waals surface area contributed by atoms with Crippen LogP contribution in [0.2, 0.25) is 0 Å². The number of amides is 1. The van der Waals surface area contributed by atoms with Gasteiger partial charge in [0.15, 0.2) is 0 Å². The highest BCUT2D eigenvalue weighted by Gasteiger charge is 2.16. The molecule has 0 rings (SSSR count). The Kier molecular flexibility index (Phi) is 4.17. The number of rotatable bonds is 4. The zero-order valence-electron chi connectivity index (χ0n) is 6.13. The molecule has 11 heavy (non-hydrogen) atoms. The van der Waals surface area contributed by atoms with Gasteiger partial charge in [0, 0.05) is 13.3 Å². The third-order valence-electron chi connectivity index (χ3n) is 1.07. The molecule has 0 radical (unpaired) electrons. The van der Waals surface area contributed by atoms with Gasteiger partial charge >= 0.3 is 5.97 Å². The lowest BCUT2D eigenvalue weighted by atomic mass is 10.2. The van der Waals surface area contributed by atoms with E-state index in [4.69, 9.17) is 5.11 Å². The van der Waals surface area contributed by atoms with Gasteiger partial charge in [0.1, 0.15) is 6.04 Å². The number of halogens is 1. The molecular formula is C6H10FNO3. The summed E-state index contributed by atoms with van der Waals surface area (Å²) < 4.78 is 11.6. The number of carbonyl (C=O) groups excluding carboxylic acids is 1. The summed E-state index contributed by atoms with van der Waals surface area (Å²) in [5.41, 5.74) is 0. The maximum Gasteiger partial charge on any atom is 0.326 e. The summed E-state index contributed by atoms with van der Waals surface area (Å²) >= 11 is 0. The van der Waals surface area contributed by atoms with E-state index in [9.17, 15) is 14.0 Å². The van der Waals surface area contributed by atoms with Crippen molar-refractivity contribution in [2.45, 2.75) is 19.4 Å². The fourth-order valence-corrected chi connectivity index (χ4v) is 0.612. The largest absolute Gasteiger partial charge is 0.480 e. The lowest BCUT2D eigenvalue weighted by Gasteiger charge is -2.09. The second-order valence-corrected chi connectivity index (χ2v) is 2.07. The normalized spacial score (nSPS) is 12.2. The standard InChI is InChI=1S/C6H10FNO3/c1-4(9)8-5(2-3-7)6(10)11/h5H,2-3H2,1H3,(H,8,9)(H,10,11). The molecule has 0 aromatic rings. The van der Waals surface area contributed by atoms with Crippen molar-refractivity contribution in [3.63, 3.8) is 0 Å². The molecule has 64 valence electrons. The van der Waals surface area contributed by atoms with Gasteiger partial charge < -0.3 is 10.4 Å². The summed E-state index contributed by atoms with van der Waals surface area (Å²) in [4.78, 5) is 20.6. The molecule has 0 aromatic carbocycles. The molecule has 2 N–H and O–H groups in total. The molecule has 0 aliphatic heterocycles. The summed E-state index contributed by atoms with van der Waals surface area (Å²) in [6.45, 7) is 0.436. The van der Waals surface area contributed by atoms with Gasteiger partial charge in [-0.25, -0.2) is 4.79 Å². The molecule has 0 heterocycles. The first-order chi connectivity index (χ1) is 5.07. The minimum Gasteiger partial charge on any atom is -0.480 e. The molecule has 0 saturated carbocycles. The Morgan fingerprint density at radius 2 is 2.18 bits per heavy atom. The highest BCUT2D eigenvalue weighted by molar-refractivity contribution is 5.81. The number of carboxylic acids is 1. The predicted octanol–water partition coefficient (Wildman–Crippen LogP) is -0.0647. The summed E-state index contributed by atoms with van der Waals surface area (Å²) in [6.07, 6.45) is -0.186. The average molecular weight is 163 g/mol. The maximum atomic E-state index is 11.6. The number of aliphatic carboxylic acids is 1. The van der Waals surface area contributed by atoms with Crippen molar-refractivity contribution in [3.05, 3.63) is 0 Å². The zero-order valence-corrected chi connectivity index (χ0v) is 6.13. The molecule has 0 fully saturated rings. The molecule has 1 unspecified atom stereocenters. The van der Waals surface area contributed by atoms with E-state index >= 15 is 0 Å². The highest BCUT2D eigenvalue weighted by atomic mass is 19.1. The zero-order chi connectivity index (χ0) is 8.85. The van der Waals surface area contributed by atoms with Gasteiger partial charge in [-0.05, 0) is 0 Å². The summed E-state index contributed by atoms with van der Waals surface area (Å²) in [7, 11) is 0. The van der Waals surface area contributed by atoms with Gasteiger partial charge in [-0.15, -0.1) is 0 Å². The van der Waals surface area contributed by atoms with E-state index in [-0.39, 0.29) is 6.42 Å². The van der Waals surface area contributed by atoms with E-state index in [1.165, 1.54) is 6.92 Å². The molecular weight excluding hydrogens is 153 g/mol. The van der Waals surface area contributed by atoms with Crippen molar-refractivity contribution in [3.8, 4) is 0 Å². The molecule has 0 aromatic heterocycles. The second kappa shape index (κ2) is 4.65. The number of hydrogen-bond donors (Lipinski definition) is 2. The van der Waals surface area contributed by atoms with Gasteiger partial charge in [0.05, 0.1) is 6.67 Å². The van der Waals surface area contributed by atoms with Crippen LogP contribution in [0.4, 0.5) is 4.39 Å². The van der Waals surface area contributed by atoms with Crippen LogP contribution in [0.15, 0.2) is 0 Å². The summed E-state index contributed by atoms with van der Waals surface area (Å²) in [5.74, 6) is -1.68. The van der Waals surface area contributed by atoms with Crippen LogP contribution in [0.1, 0.15) is 13.3 Å². The van der Waals surface area contributed by atoms with Crippen LogP contribution < -0.4 is 5.32 Å². The Hall–Kier alpha value is -1.13. The first kappa shape index (κ1) is 9.87. The number of carbonyl (C=O) groups is 2. The summed E-state index contributed by atoms with van der Waals surface area (Å²) in [6, 6.07) is -1.10. The minimum absolute atomic E-state index is 0.186. The van der Waals surface area contributed by atoms with Crippen molar-refractivity contribution in [1.82, 2.24) is 5.32 Å². The van der Waals surface area contributed by atoms with Crippen LogP contribution in [-0.2, 0) is 9.59 Å². The van der Waals surface area contributed by atoms with Crippen molar-refractivity contribution < 1.29 is 19.1 Å². The van der Waals surface area contributed by atoms with E-state index in [0.29, 0.717) is 0 Å². The van der Waals surface area contributed by atoms with Crippen molar-refractivity contribution >= 4 is 11.9 Å². The molecule has 0 saturated heterocycles. The summed E-state index contributed by atoms with van der Waals surface area (Å²) in [5, 5.41) is 10.5. The third-order valence-corrected chi connectivity index (χ3v) is 1.07. The van der Waals surface area contributed by atoms with Gasteiger partial charge in [0.2, 0.25) is 5.91 Å².